The Morgan fingerprint density at radius 1 is 1.23 bits per heavy atom. The molecule has 0 aliphatic rings. The molecule has 0 amide bonds. The van der Waals surface area contributed by atoms with E-state index in [0.29, 0.717) is 18.8 Å². The van der Waals surface area contributed by atoms with Crippen LogP contribution in [0.5, 0.6) is 5.75 Å². The summed E-state index contributed by atoms with van der Waals surface area (Å²) in [5.74, 6) is -0.179. The monoisotopic (exact) mass is 329 g/mol. The van der Waals surface area contributed by atoms with Gasteiger partial charge in [-0.3, -0.25) is 4.79 Å². The predicted molar refractivity (Wildman–Crippen MR) is 83.2 cm³/mol. The number of carbonyl (C=O) groups excluding carboxylic acids is 1. The Kier molecular flexibility index (Phi) is 6.83. The molecule has 1 aromatic rings. The molecule has 1 rings (SSSR count). The maximum absolute atomic E-state index is 12.4. The van der Waals surface area contributed by atoms with Crippen LogP contribution in [0.2, 0.25) is 0 Å². The molecule has 7 heteroatoms. The van der Waals surface area contributed by atoms with E-state index in [-0.39, 0.29) is 10.8 Å². The van der Waals surface area contributed by atoms with Gasteiger partial charge in [0.05, 0.1) is 18.6 Å². The van der Waals surface area contributed by atoms with Gasteiger partial charge in [-0.15, -0.1) is 0 Å². The van der Waals surface area contributed by atoms with Crippen LogP contribution in [-0.4, -0.2) is 34.1 Å². The van der Waals surface area contributed by atoms with Crippen LogP contribution in [0.4, 0.5) is 0 Å². The van der Waals surface area contributed by atoms with E-state index in [4.69, 9.17) is 4.74 Å². The van der Waals surface area contributed by atoms with Crippen molar-refractivity contribution in [2.75, 3.05) is 13.7 Å². The summed E-state index contributed by atoms with van der Waals surface area (Å²) in [5, 5.41) is 0. The molecule has 0 saturated heterocycles. The maximum Gasteiger partial charge on any atom is 0.324 e. The number of ether oxygens (including phenoxy) is 2. The van der Waals surface area contributed by atoms with Gasteiger partial charge in [-0.05, 0) is 37.1 Å². The molecule has 0 spiro atoms. The highest BCUT2D eigenvalue weighted by molar-refractivity contribution is 7.89. The fourth-order valence-electron chi connectivity index (χ4n) is 1.88. The summed E-state index contributed by atoms with van der Waals surface area (Å²) in [6, 6.07) is 5.13. The van der Waals surface area contributed by atoms with Crippen LogP contribution in [0.3, 0.4) is 0 Å². The number of hydrogen-bond donors (Lipinski definition) is 1. The highest BCUT2D eigenvalue weighted by atomic mass is 32.2. The molecule has 1 aromatic carbocycles. The fourth-order valence-corrected chi connectivity index (χ4v) is 3.17. The van der Waals surface area contributed by atoms with Crippen molar-refractivity contribution < 1.29 is 22.7 Å². The number of hydrogen-bond acceptors (Lipinski definition) is 5. The predicted octanol–water partition coefficient (Wildman–Crippen LogP) is 1.95. The number of carbonyl (C=O) groups is 1. The number of rotatable bonds is 8. The van der Waals surface area contributed by atoms with Gasteiger partial charge < -0.3 is 9.47 Å². The summed E-state index contributed by atoms with van der Waals surface area (Å²) in [6.45, 7) is 6.02. The maximum atomic E-state index is 12.4. The lowest BCUT2D eigenvalue weighted by Crippen LogP contribution is -2.45. The van der Waals surface area contributed by atoms with Crippen LogP contribution in [0.25, 0.3) is 0 Å². The molecule has 2 atom stereocenters. The third kappa shape index (κ3) is 4.71. The summed E-state index contributed by atoms with van der Waals surface area (Å²) in [4.78, 5) is 11.9. The van der Waals surface area contributed by atoms with Crippen molar-refractivity contribution in [3.63, 3.8) is 0 Å². The molecular formula is C15H23NO5S. The summed E-state index contributed by atoms with van der Waals surface area (Å²) < 4.78 is 37.2. The Labute approximate surface area is 131 Å². The second kappa shape index (κ2) is 8.14. The molecule has 1 N–H and O–H groups in total. The molecule has 0 aliphatic heterocycles. The molecule has 0 aliphatic carbocycles. The second-order valence-corrected chi connectivity index (χ2v) is 6.63. The van der Waals surface area contributed by atoms with Gasteiger partial charge in [0.15, 0.2) is 0 Å². The number of sulfonamides is 1. The number of benzene rings is 1. The van der Waals surface area contributed by atoms with Gasteiger partial charge in [0.2, 0.25) is 10.0 Å². The van der Waals surface area contributed by atoms with E-state index in [1.807, 2.05) is 13.8 Å². The van der Waals surface area contributed by atoms with Crippen LogP contribution >= 0.6 is 0 Å². The standard InChI is InChI=1S/C15H23NO5S/c1-5-11(3)14(15(17)20-4)16-22(18,19)13-9-7-12(8-10-13)21-6-2/h7-11,14,16H,5-6H2,1-4H3/t11-,14+/m0/s1. The topological polar surface area (TPSA) is 81.7 Å². The van der Waals surface area contributed by atoms with Crippen molar-refractivity contribution in [3.05, 3.63) is 24.3 Å². The average Bonchev–Trinajstić information content (AvgIpc) is 2.52. The zero-order valence-electron chi connectivity index (χ0n) is 13.3. The molecule has 0 heterocycles. The van der Waals surface area contributed by atoms with Crippen LogP contribution in [0.15, 0.2) is 29.2 Å². The molecule has 22 heavy (non-hydrogen) atoms. The summed E-state index contributed by atoms with van der Waals surface area (Å²) in [5.41, 5.74) is 0. The van der Waals surface area contributed by atoms with Crippen molar-refractivity contribution in [3.8, 4) is 5.75 Å². The summed E-state index contributed by atoms with van der Waals surface area (Å²) >= 11 is 0. The van der Waals surface area contributed by atoms with E-state index in [9.17, 15) is 13.2 Å². The minimum absolute atomic E-state index is 0.0770. The Morgan fingerprint density at radius 3 is 2.27 bits per heavy atom. The molecule has 6 nitrogen and oxygen atoms in total. The Morgan fingerprint density at radius 2 is 1.82 bits per heavy atom. The van der Waals surface area contributed by atoms with E-state index >= 15 is 0 Å². The van der Waals surface area contributed by atoms with Crippen molar-refractivity contribution in [2.24, 2.45) is 5.92 Å². The van der Waals surface area contributed by atoms with Gasteiger partial charge in [-0.1, -0.05) is 20.3 Å². The van der Waals surface area contributed by atoms with Gasteiger partial charge in [0.25, 0.3) is 0 Å². The normalized spacial score (nSPS) is 14.2. The zero-order chi connectivity index (χ0) is 16.8. The fraction of sp³-hybridized carbons (Fsp3) is 0.533. The van der Waals surface area contributed by atoms with Crippen LogP contribution < -0.4 is 9.46 Å². The summed E-state index contributed by atoms with van der Waals surface area (Å²) in [6.07, 6.45) is 0.644. The van der Waals surface area contributed by atoms with Crippen molar-refractivity contribution in [1.29, 1.82) is 0 Å². The first-order chi connectivity index (χ1) is 10.4. The van der Waals surface area contributed by atoms with Crippen molar-refractivity contribution in [2.45, 2.75) is 38.1 Å². The van der Waals surface area contributed by atoms with E-state index in [1.165, 1.54) is 19.2 Å². The lowest BCUT2D eigenvalue weighted by atomic mass is 10.0. The van der Waals surface area contributed by atoms with Gasteiger partial charge in [0.1, 0.15) is 11.8 Å². The molecule has 0 saturated carbocycles. The average molecular weight is 329 g/mol. The first kappa shape index (κ1) is 18.4. The first-order valence-corrected chi connectivity index (χ1v) is 8.67. The van der Waals surface area contributed by atoms with E-state index in [0.717, 1.165) is 0 Å². The second-order valence-electron chi connectivity index (χ2n) is 4.91. The van der Waals surface area contributed by atoms with Gasteiger partial charge in [-0.25, -0.2) is 8.42 Å². The van der Waals surface area contributed by atoms with E-state index < -0.39 is 22.0 Å². The van der Waals surface area contributed by atoms with E-state index in [2.05, 4.69) is 9.46 Å². The smallest absolute Gasteiger partial charge is 0.324 e. The minimum Gasteiger partial charge on any atom is -0.494 e. The Bertz CT molecular complexity index is 582. The molecule has 0 aromatic heterocycles. The minimum atomic E-state index is -3.81. The van der Waals surface area contributed by atoms with Gasteiger partial charge in [-0.2, -0.15) is 4.72 Å². The summed E-state index contributed by atoms with van der Waals surface area (Å²) in [7, 11) is -2.57. The number of esters is 1. The zero-order valence-corrected chi connectivity index (χ0v) is 14.1. The van der Waals surface area contributed by atoms with Crippen LogP contribution in [0, 0.1) is 5.92 Å². The van der Waals surface area contributed by atoms with Crippen molar-refractivity contribution in [1.82, 2.24) is 4.72 Å². The highest BCUT2D eigenvalue weighted by Crippen LogP contribution is 2.18. The van der Waals surface area contributed by atoms with Gasteiger partial charge >= 0.3 is 5.97 Å². The Hall–Kier alpha value is -1.60. The molecule has 0 bridgehead atoms. The third-order valence-electron chi connectivity index (χ3n) is 3.40. The SMILES string of the molecule is CCOc1ccc(S(=O)(=O)N[C@@H](C(=O)OC)[C@@H](C)CC)cc1. The highest BCUT2D eigenvalue weighted by Gasteiger charge is 2.30. The first-order valence-electron chi connectivity index (χ1n) is 7.18. The van der Waals surface area contributed by atoms with Crippen LogP contribution in [-0.2, 0) is 19.6 Å². The van der Waals surface area contributed by atoms with Crippen molar-refractivity contribution >= 4 is 16.0 Å². The van der Waals surface area contributed by atoms with Gasteiger partial charge in [0, 0.05) is 0 Å². The third-order valence-corrected chi connectivity index (χ3v) is 4.85. The number of methoxy groups -OCH3 is 1. The molecule has 0 radical (unpaired) electrons. The quantitative estimate of drug-likeness (QED) is 0.737. The molecule has 0 unspecified atom stereocenters. The lowest BCUT2D eigenvalue weighted by Gasteiger charge is -2.21. The lowest BCUT2D eigenvalue weighted by molar-refractivity contribution is -0.143. The molecule has 124 valence electrons. The molecule has 0 fully saturated rings. The van der Waals surface area contributed by atoms with Crippen LogP contribution in [0.1, 0.15) is 27.2 Å². The Balaban J connectivity index is 2.98. The largest absolute Gasteiger partial charge is 0.494 e. The number of nitrogens with one attached hydrogen (secondary N) is 1. The van der Waals surface area contributed by atoms with E-state index in [1.54, 1.807) is 19.1 Å². The molecular weight excluding hydrogens is 306 g/mol.